The van der Waals surface area contributed by atoms with Crippen molar-refractivity contribution in [1.29, 1.82) is 0 Å². The van der Waals surface area contributed by atoms with Crippen molar-refractivity contribution < 1.29 is 4.79 Å². The van der Waals surface area contributed by atoms with Gasteiger partial charge >= 0.3 is 5.69 Å². The van der Waals surface area contributed by atoms with E-state index < -0.39 is 11.2 Å². The van der Waals surface area contributed by atoms with Crippen LogP contribution in [-0.4, -0.2) is 60.7 Å². The third-order valence-corrected chi connectivity index (χ3v) is 7.43. The predicted molar refractivity (Wildman–Crippen MR) is 139 cm³/mol. The number of carbonyl (C=O) groups excluding carboxylic acids is 1. The van der Waals surface area contributed by atoms with Gasteiger partial charge in [0.2, 0.25) is 5.91 Å². The summed E-state index contributed by atoms with van der Waals surface area (Å²) in [6, 6.07) is 4.18. The Hall–Kier alpha value is -3.31. The molecule has 1 amide bonds. The number of likely N-dealkylation sites (N-methyl/N-ethyl adjacent to an activating group) is 1. The SMILES string of the molecule is CCN(CC)CCN(C(=O)Cn1cnc2c1c(=O)n(C)c(=O)n2C)c1nc2c(C)cc(C)cc2s1. The van der Waals surface area contributed by atoms with E-state index in [1.165, 1.54) is 33.8 Å². The highest BCUT2D eigenvalue weighted by atomic mass is 32.1. The Morgan fingerprint density at radius 3 is 2.46 bits per heavy atom. The molecule has 4 rings (SSSR count). The molecule has 0 atom stereocenters. The first kappa shape index (κ1) is 24.8. The summed E-state index contributed by atoms with van der Waals surface area (Å²) in [4.78, 5) is 51.8. The summed E-state index contributed by atoms with van der Waals surface area (Å²) in [6.45, 7) is 11.1. The van der Waals surface area contributed by atoms with E-state index in [2.05, 4.69) is 35.9 Å². The number of nitrogens with zero attached hydrogens (tertiary/aromatic N) is 7. The van der Waals surface area contributed by atoms with Crippen LogP contribution in [0.25, 0.3) is 21.4 Å². The lowest BCUT2D eigenvalue weighted by Gasteiger charge is -2.25. The van der Waals surface area contributed by atoms with E-state index in [1.54, 1.807) is 11.9 Å². The lowest BCUT2D eigenvalue weighted by molar-refractivity contribution is -0.119. The van der Waals surface area contributed by atoms with E-state index in [9.17, 15) is 14.4 Å². The number of rotatable bonds is 8. The van der Waals surface area contributed by atoms with Crippen LogP contribution in [0.4, 0.5) is 5.13 Å². The van der Waals surface area contributed by atoms with Crippen LogP contribution in [0.1, 0.15) is 25.0 Å². The number of anilines is 1. The Morgan fingerprint density at radius 2 is 1.77 bits per heavy atom. The van der Waals surface area contributed by atoms with Gasteiger partial charge in [-0.25, -0.2) is 14.8 Å². The minimum Gasteiger partial charge on any atom is -0.315 e. The van der Waals surface area contributed by atoms with Gasteiger partial charge in [0.05, 0.1) is 16.5 Å². The highest BCUT2D eigenvalue weighted by molar-refractivity contribution is 7.22. The van der Waals surface area contributed by atoms with Crippen LogP contribution in [0.3, 0.4) is 0 Å². The van der Waals surface area contributed by atoms with Gasteiger partial charge in [0, 0.05) is 27.2 Å². The molecule has 0 radical (unpaired) electrons. The fourth-order valence-corrected chi connectivity index (χ4v) is 5.52. The van der Waals surface area contributed by atoms with E-state index in [4.69, 9.17) is 4.98 Å². The molecule has 0 saturated heterocycles. The quantitative estimate of drug-likeness (QED) is 0.370. The molecule has 0 fully saturated rings. The van der Waals surface area contributed by atoms with E-state index in [1.807, 2.05) is 13.8 Å². The van der Waals surface area contributed by atoms with Crippen LogP contribution < -0.4 is 16.1 Å². The molecule has 0 unspecified atom stereocenters. The maximum absolute atomic E-state index is 13.7. The third-order valence-electron chi connectivity index (χ3n) is 6.41. The Bertz CT molecular complexity index is 1520. The molecule has 11 heteroatoms. The molecule has 1 aromatic carbocycles. The van der Waals surface area contributed by atoms with Crippen LogP contribution in [0, 0.1) is 13.8 Å². The maximum Gasteiger partial charge on any atom is 0.332 e. The molecule has 186 valence electrons. The molecular weight excluding hydrogens is 466 g/mol. The van der Waals surface area contributed by atoms with Crippen LogP contribution in [-0.2, 0) is 25.4 Å². The third kappa shape index (κ3) is 4.53. The van der Waals surface area contributed by atoms with E-state index in [0.29, 0.717) is 18.2 Å². The van der Waals surface area contributed by atoms with Crippen LogP contribution in [0.15, 0.2) is 28.0 Å². The van der Waals surface area contributed by atoms with Crippen LogP contribution >= 0.6 is 11.3 Å². The molecule has 35 heavy (non-hydrogen) atoms. The topological polar surface area (TPSA) is 98.3 Å². The fraction of sp³-hybridized carbons (Fsp3) is 0.458. The zero-order valence-corrected chi connectivity index (χ0v) is 21.8. The summed E-state index contributed by atoms with van der Waals surface area (Å²) in [6.07, 6.45) is 1.44. The molecule has 4 aromatic rings. The first-order valence-corrected chi connectivity index (χ1v) is 12.5. The van der Waals surface area contributed by atoms with E-state index >= 15 is 0 Å². The number of thiazole rings is 1. The highest BCUT2D eigenvalue weighted by Crippen LogP contribution is 2.32. The van der Waals surface area contributed by atoms with Crippen molar-refractivity contribution >= 4 is 43.8 Å². The second-order valence-electron chi connectivity index (χ2n) is 8.75. The van der Waals surface area contributed by atoms with E-state index in [-0.39, 0.29) is 23.6 Å². The van der Waals surface area contributed by atoms with Gasteiger partial charge in [-0.3, -0.25) is 23.6 Å². The minimum absolute atomic E-state index is 0.0872. The Labute approximate surface area is 207 Å². The van der Waals surface area contributed by atoms with E-state index in [0.717, 1.165) is 39.0 Å². The summed E-state index contributed by atoms with van der Waals surface area (Å²) in [7, 11) is 2.98. The molecule has 0 saturated carbocycles. The minimum atomic E-state index is -0.478. The zero-order valence-electron chi connectivity index (χ0n) is 21.0. The molecule has 3 aromatic heterocycles. The van der Waals surface area contributed by atoms with Gasteiger partial charge < -0.3 is 9.47 Å². The van der Waals surface area contributed by atoms with Gasteiger partial charge in [-0.15, -0.1) is 0 Å². The molecule has 0 spiro atoms. The number of carbonyl (C=O) groups is 1. The molecule has 0 bridgehead atoms. The Kier molecular flexibility index (Phi) is 6.91. The highest BCUT2D eigenvalue weighted by Gasteiger charge is 2.23. The van der Waals surface area contributed by atoms with Crippen molar-refractivity contribution in [3.05, 3.63) is 50.4 Å². The Morgan fingerprint density at radius 1 is 1.06 bits per heavy atom. The molecular formula is C24H31N7O3S. The number of hydrogen-bond donors (Lipinski definition) is 0. The second-order valence-corrected chi connectivity index (χ2v) is 9.76. The average Bonchev–Trinajstić information content (AvgIpc) is 3.43. The predicted octanol–water partition coefficient (Wildman–Crippen LogP) is 2.04. The van der Waals surface area contributed by atoms with Crippen molar-refractivity contribution in [2.75, 3.05) is 31.1 Å². The van der Waals surface area contributed by atoms with Crippen LogP contribution in [0.2, 0.25) is 0 Å². The maximum atomic E-state index is 13.7. The van der Waals surface area contributed by atoms with Gasteiger partial charge in [-0.2, -0.15) is 0 Å². The van der Waals surface area contributed by atoms with Gasteiger partial charge in [0.15, 0.2) is 16.3 Å². The number of aryl methyl sites for hydroxylation is 3. The van der Waals surface area contributed by atoms with Gasteiger partial charge in [0.1, 0.15) is 6.54 Å². The molecule has 0 N–H and O–H groups in total. The van der Waals surface area contributed by atoms with Crippen LogP contribution in [0.5, 0.6) is 0 Å². The largest absolute Gasteiger partial charge is 0.332 e. The number of fused-ring (bicyclic) bond motifs is 2. The number of aromatic nitrogens is 5. The van der Waals surface area contributed by atoms with Crippen molar-refractivity contribution in [2.24, 2.45) is 14.1 Å². The first-order valence-electron chi connectivity index (χ1n) is 11.7. The van der Waals surface area contributed by atoms with Crippen molar-refractivity contribution in [3.8, 4) is 0 Å². The lowest BCUT2D eigenvalue weighted by Crippen LogP contribution is -2.41. The zero-order chi connectivity index (χ0) is 25.4. The summed E-state index contributed by atoms with van der Waals surface area (Å²) in [5, 5.41) is 0.635. The summed E-state index contributed by atoms with van der Waals surface area (Å²) >= 11 is 1.49. The number of amides is 1. The normalized spacial score (nSPS) is 11.7. The number of benzene rings is 1. The van der Waals surface area contributed by atoms with Crippen molar-refractivity contribution in [2.45, 2.75) is 34.2 Å². The summed E-state index contributed by atoms with van der Waals surface area (Å²) < 4.78 is 4.90. The van der Waals surface area contributed by atoms with Gasteiger partial charge in [0.25, 0.3) is 5.56 Å². The molecule has 3 heterocycles. The molecule has 0 aliphatic rings. The Balaban J connectivity index is 1.74. The van der Waals surface area contributed by atoms with Gasteiger partial charge in [-0.05, 0) is 44.1 Å². The summed E-state index contributed by atoms with van der Waals surface area (Å²) in [5.74, 6) is -0.194. The smallest absolute Gasteiger partial charge is 0.315 e. The van der Waals surface area contributed by atoms with Crippen molar-refractivity contribution in [1.82, 2.24) is 28.6 Å². The molecule has 0 aliphatic carbocycles. The second kappa shape index (κ2) is 9.74. The lowest BCUT2D eigenvalue weighted by atomic mass is 10.1. The summed E-state index contributed by atoms with van der Waals surface area (Å²) in [5.41, 5.74) is 2.66. The monoisotopic (exact) mass is 497 g/mol. The first-order chi connectivity index (χ1) is 16.7. The van der Waals surface area contributed by atoms with Gasteiger partial charge in [-0.1, -0.05) is 31.3 Å². The standard InChI is InChI=1S/C24H31N7O3S/c1-7-29(8-2)9-10-31(23-26-19-16(4)11-15(3)12-17(19)35-23)18(32)13-30-14-25-21-20(30)22(33)28(6)24(34)27(21)5/h11-12,14H,7-10,13H2,1-6H3. The number of imidazole rings is 1. The average molecular weight is 498 g/mol. The fourth-order valence-electron chi connectivity index (χ4n) is 4.33. The van der Waals surface area contributed by atoms with Crippen molar-refractivity contribution in [3.63, 3.8) is 0 Å². The molecule has 10 nitrogen and oxygen atoms in total. The number of hydrogen-bond acceptors (Lipinski definition) is 7. The molecule has 0 aliphatic heterocycles.